The minimum Gasteiger partial charge on any atom is -0.480 e. The molecule has 2 rings (SSSR count). The van der Waals surface area contributed by atoms with E-state index < -0.39 is 12.0 Å². The van der Waals surface area contributed by atoms with Gasteiger partial charge in [-0.15, -0.1) is 0 Å². The van der Waals surface area contributed by atoms with E-state index in [-0.39, 0.29) is 12.3 Å². The number of benzene rings is 1. The van der Waals surface area contributed by atoms with Crippen LogP contribution >= 0.6 is 0 Å². The van der Waals surface area contributed by atoms with Crippen molar-refractivity contribution >= 4 is 22.8 Å². The second-order valence-corrected chi connectivity index (χ2v) is 4.17. The first-order valence-corrected chi connectivity index (χ1v) is 5.97. The van der Waals surface area contributed by atoms with Gasteiger partial charge in [0.2, 0.25) is 5.91 Å². The van der Waals surface area contributed by atoms with Gasteiger partial charge < -0.3 is 14.9 Å². The number of carboxylic acids is 1. The molecule has 0 aliphatic heterocycles. The van der Waals surface area contributed by atoms with E-state index in [1.165, 1.54) is 0 Å². The first kappa shape index (κ1) is 13.1. The van der Waals surface area contributed by atoms with E-state index in [9.17, 15) is 9.59 Å². The van der Waals surface area contributed by atoms with Crippen LogP contribution in [-0.2, 0) is 16.0 Å². The second-order valence-electron chi connectivity index (χ2n) is 4.17. The van der Waals surface area contributed by atoms with E-state index in [0.29, 0.717) is 17.7 Å². The lowest BCUT2D eigenvalue weighted by Crippen LogP contribution is -2.41. The Bertz CT molecular complexity index is 605. The Morgan fingerprint density at radius 1 is 1.42 bits per heavy atom. The molecule has 0 saturated carbocycles. The molecule has 0 saturated heterocycles. The summed E-state index contributed by atoms with van der Waals surface area (Å²) >= 11 is 0. The number of fused-ring (bicyclic) bond motifs is 1. The number of aromatic nitrogens is 1. The Morgan fingerprint density at radius 3 is 2.84 bits per heavy atom. The number of hydrogen-bond donors (Lipinski definition) is 2. The number of rotatable bonds is 5. The third-order valence-electron chi connectivity index (χ3n) is 2.82. The molecule has 100 valence electrons. The zero-order valence-corrected chi connectivity index (χ0v) is 10.4. The summed E-state index contributed by atoms with van der Waals surface area (Å²) in [5.74, 6) is -1.42. The van der Waals surface area contributed by atoms with Crippen molar-refractivity contribution in [2.45, 2.75) is 25.8 Å². The zero-order chi connectivity index (χ0) is 13.8. The van der Waals surface area contributed by atoms with Crippen LogP contribution in [0.5, 0.6) is 0 Å². The predicted octanol–water partition coefficient (Wildman–Crippen LogP) is 1.35. The van der Waals surface area contributed by atoms with Crippen molar-refractivity contribution in [3.63, 3.8) is 0 Å². The molecule has 0 radical (unpaired) electrons. The summed E-state index contributed by atoms with van der Waals surface area (Å²) < 4.78 is 5.08. The Morgan fingerprint density at radius 2 is 2.16 bits per heavy atom. The molecule has 2 aromatic rings. The van der Waals surface area contributed by atoms with Crippen LogP contribution in [0, 0.1) is 0 Å². The highest BCUT2D eigenvalue weighted by Gasteiger charge is 2.19. The lowest BCUT2D eigenvalue weighted by Gasteiger charge is -2.11. The molecule has 0 aliphatic carbocycles. The molecular weight excluding hydrogens is 248 g/mol. The van der Waals surface area contributed by atoms with Crippen molar-refractivity contribution in [1.29, 1.82) is 0 Å². The van der Waals surface area contributed by atoms with Gasteiger partial charge in [0.05, 0.1) is 6.42 Å². The van der Waals surface area contributed by atoms with Gasteiger partial charge in [-0.3, -0.25) is 4.79 Å². The number of carbonyl (C=O) groups excluding carboxylic acids is 1. The first-order valence-electron chi connectivity index (χ1n) is 5.97. The van der Waals surface area contributed by atoms with Crippen LogP contribution in [-0.4, -0.2) is 28.2 Å². The van der Waals surface area contributed by atoms with Crippen molar-refractivity contribution in [3.05, 3.63) is 30.0 Å². The Kier molecular flexibility index (Phi) is 3.79. The molecule has 1 atom stereocenters. The van der Waals surface area contributed by atoms with Crippen LogP contribution in [0.2, 0.25) is 0 Å². The number of nitrogens with zero attached hydrogens (tertiary/aromatic N) is 1. The summed E-state index contributed by atoms with van der Waals surface area (Å²) in [7, 11) is 0. The van der Waals surface area contributed by atoms with E-state index in [2.05, 4.69) is 10.5 Å². The number of carbonyl (C=O) groups is 2. The molecule has 0 bridgehead atoms. The van der Waals surface area contributed by atoms with Gasteiger partial charge in [0.15, 0.2) is 5.58 Å². The van der Waals surface area contributed by atoms with Gasteiger partial charge in [0.1, 0.15) is 11.7 Å². The van der Waals surface area contributed by atoms with Crippen LogP contribution in [0.3, 0.4) is 0 Å². The van der Waals surface area contributed by atoms with Gasteiger partial charge in [0, 0.05) is 5.39 Å². The van der Waals surface area contributed by atoms with Gasteiger partial charge in [-0.05, 0) is 18.6 Å². The second kappa shape index (κ2) is 5.51. The number of amides is 1. The van der Waals surface area contributed by atoms with Gasteiger partial charge in [-0.25, -0.2) is 4.79 Å². The zero-order valence-electron chi connectivity index (χ0n) is 10.4. The van der Waals surface area contributed by atoms with Crippen LogP contribution in [0.25, 0.3) is 11.0 Å². The summed E-state index contributed by atoms with van der Waals surface area (Å²) in [6.07, 6.45) is 0.335. The highest BCUT2D eigenvalue weighted by molar-refractivity contribution is 5.88. The molecule has 0 aliphatic rings. The standard InChI is InChI=1S/C13H14N2O4/c1-2-9(13(17)18)14-12(16)7-10-8-5-3-4-6-11(8)19-15-10/h3-6,9H,2,7H2,1H3,(H,14,16)(H,17,18). The van der Waals surface area contributed by atoms with E-state index >= 15 is 0 Å². The SMILES string of the molecule is CCC(NC(=O)Cc1noc2ccccc12)C(=O)O. The fraction of sp³-hybridized carbons (Fsp3) is 0.308. The highest BCUT2D eigenvalue weighted by Crippen LogP contribution is 2.17. The van der Waals surface area contributed by atoms with E-state index in [1.54, 1.807) is 13.0 Å². The molecule has 1 aromatic carbocycles. The van der Waals surface area contributed by atoms with Crippen LogP contribution in [0.1, 0.15) is 19.0 Å². The minimum absolute atomic E-state index is 0.000787. The summed E-state index contributed by atoms with van der Waals surface area (Å²) in [5, 5.41) is 15.9. The molecule has 0 fully saturated rings. The Balaban J connectivity index is 2.09. The molecule has 2 N–H and O–H groups in total. The van der Waals surface area contributed by atoms with Crippen molar-refractivity contribution in [2.75, 3.05) is 0 Å². The molecule has 0 spiro atoms. The number of para-hydroxylation sites is 1. The fourth-order valence-electron chi connectivity index (χ4n) is 1.80. The molecule has 6 nitrogen and oxygen atoms in total. The summed E-state index contributed by atoms with van der Waals surface area (Å²) in [5.41, 5.74) is 1.11. The average molecular weight is 262 g/mol. The van der Waals surface area contributed by atoms with Gasteiger partial charge in [0.25, 0.3) is 0 Å². The maximum absolute atomic E-state index is 11.8. The predicted molar refractivity (Wildman–Crippen MR) is 67.6 cm³/mol. The Labute approximate surface area is 109 Å². The first-order chi connectivity index (χ1) is 9.11. The van der Waals surface area contributed by atoms with E-state index in [1.807, 2.05) is 18.2 Å². The lowest BCUT2D eigenvalue weighted by atomic mass is 10.1. The van der Waals surface area contributed by atoms with Gasteiger partial charge in [-0.2, -0.15) is 0 Å². The number of nitrogens with one attached hydrogen (secondary N) is 1. The monoisotopic (exact) mass is 262 g/mol. The summed E-state index contributed by atoms with van der Waals surface area (Å²) in [6, 6.07) is 6.34. The van der Waals surface area contributed by atoms with Crippen LogP contribution < -0.4 is 5.32 Å². The maximum Gasteiger partial charge on any atom is 0.326 e. The molecule has 1 amide bonds. The lowest BCUT2D eigenvalue weighted by molar-refractivity contribution is -0.141. The minimum atomic E-state index is -1.04. The van der Waals surface area contributed by atoms with Gasteiger partial charge >= 0.3 is 5.97 Å². The maximum atomic E-state index is 11.8. The Hall–Kier alpha value is -2.37. The molecule has 1 unspecified atom stereocenters. The van der Waals surface area contributed by atoms with Crippen molar-refractivity contribution in [3.8, 4) is 0 Å². The van der Waals surface area contributed by atoms with Crippen molar-refractivity contribution < 1.29 is 19.2 Å². The van der Waals surface area contributed by atoms with Crippen molar-refractivity contribution in [1.82, 2.24) is 10.5 Å². The third-order valence-corrected chi connectivity index (χ3v) is 2.82. The fourth-order valence-corrected chi connectivity index (χ4v) is 1.80. The quantitative estimate of drug-likeness (QED) is 0.848. The molecule has 19 heavy (non-hydrogen) atoms. The number of carboxylic acid groups (broad SMARTS) is 1. The molecule has 1 aromatic heterocycles. The smallest absolute Gasteiger partial charge is 0.326 e. The van der Waals surface area contributed by atoms with E-state index in [0.717, 1.165) is 5.39 Å². The number of aliphatic carboxylic acids is 1. The summed E-state index contributed by atoms with van der Waals surface area (Å²) in [4.78, 5) is 22.6. The molecule has 6 heteroatoms. The average Bonchev–Trinajstić information content (AvgIpc) is 2.79. The van der Waals surface area contributed by atoms with Gasteiger partial charge in [-0.1, -0.05) is 24.2 Å². The third kappa shape index (κ3) is 2.90. The number of hydrogen-bond acceptors (Lipinski definition) is 4. The largest absolute Gasteiger partial charge is 0.480 e. The normalized spacial score (nSPS) is 12.3. The van der Waals surface area contributed by atoms with E-state index in [4.69, 9.17) is 9.63 Å². The van der Waals surface area contributed by atoms with Crippen LogP contribution in [0.15, 0.2) is 28.8 Å². The van der Waals surface area contributed by atoms with Crippen LogP contribution in [0.4, 0.5) is 0 Å². The topological polar surface area (TPSA) is 92.4 Å². The summed E-state index contributed by atoms with van der Waals surface area (Å²) in [6.45, 7) is 1.70. The highest BCUT2D eigenvalue weighted by atomic mass is 16.5. The van der Waals surface area contributed by atoms with Crippen molar-refractivity contribution in [2.24, 2.45) is 0 Å². The molecule has 1 heterocycles. The molecular formula is C13H14N2O4.